The van der Waals surface area contributed by atoms with Gasteiger partial charge in [-0.1, -0.05) is 18.8 Å². The molecule has 0 unspecified atom stereocenters. The molecule has 9 heteroatoms. The van der Waals surface area contributed by atoms with E-state index in [0.29, 0.717) is 18.7 Å². The molecule has 1 aliphatic heterocycles. The first-order chi connectivity index (χ1) is 16.3. The maximum Gasteiger partial charge on any atom is 0.247 e. The number of methoxy groups -OCH3 is 1. The third kappa shape index (κ3) is 6.34. The molecule has 0 saturated heterocycles. The molecule has 2 heterocycles. The predicted molar refractivity (Wildman–Crippen MR) is 130 cm³/mol. The summed E-state index contributed by atoms with van der Waals surface area (Å²) in [6, 6.07) is 8.25. The Hall–Kier alpha value is -2.48. The zero-order chi connectivity index (χ0) is 24.7. The number of rotatable bonds is 7. The van der Waals surface area contributed by atoms with Gasteiger partial charge < -0.3 is 14.6 Å². The third-order valence-corrected chi connectivity index (χ3v) is 7.83. The highest BCUT2D eigenvalue weighted by Gasteiger charge is 2.38. The number of sulfonamides is 1. The summed E-state index contributed by atoms with van der Waals surface area (Å²) in [6.45, 7) is 5.23. The number of aliphatic hydroxyl groups excluding tert-OH is 1. The molecule has 0 radical (unpaired) electrons. The van der Waals surface area contributed by atoms with Crippen molar-refractivity contribution in [3.05, 3.63) is 53.9 Å². The molecule has 1 aliphatic rings. The maximum absolute atomic E-state index is 13.5. The Bertz CT molecular complexity index is 1110. The average molecular weight is 488 g/mol. The summed E-state index contributed by atoms with van der Waals surface area (Å²) in [5.74, 6) is 6.02. The fraction of sp³-hybridized carbons (Fsp3) is 0.480. The Morgan fingerprint density at radius 3 is 2.74 bits per heavy atom. The number of hydrogen-bond donors (Lipinski definition) is 1. The van der Waals surface area contributed by atoms with Gasteiger partial charge >= 0.3 is 0 Å². The van der Waals surface area contributed by atoms with Crippen LogP contribution in [-0.4, -0.2) is 80.3 Å². The normalized spacial score (nSPS) is 20.9. The lowest BCUT2D eigenvalue weighted by molar-refractivity contribution is 0.0733. The summed E-state index contributed by atoms with van der Waals surface area (Å²) in [5, 5.41) is 9.77. The first-order valence-corrected chi connectivity index (χ1v) is 12.7. The summed E-state index contributed by atoms with van der Waals surface area (Å²) >= 11 is 0. The Labute approximate surface area is 202 Å². The van der Waals surface area contributed by atoms with Crippen LogP contribution in [0, 0.1) is 17.8 Å². The van der Waals surface area contributed by atoms with Crippen molar-refractivity contribution in [1.29, 1.82) is 0 Å². The summed E-state index contributed by atoms with van der Waals surface area (Å²) in [5.41, 5.74) is 1.77. The molecule has 0 saturated carbocycles. The molecular weight excluding hydrogens is 454 g/mol. The second-order valence-corrected chi connectivity index (χ2v) is 10.5. The Morgan fingerprint density at radius 1 is 1.32 bits per heavy atom. The number of nitrogens with zero attached hydrogens (tertiary/aromatic N) is 3. The number of hydrogen-bond acceptors (Lipinski definition) is 7. The number of aromatic nitrogens is 1. The van der Waals surface area contributed by atoms with Crippen molar-refractivity contribution in [3.8, 4) is 17.6 Å². The first-order valence-electron chi connectivity index (χ1n) is 11.2. The van der Waals surface area contributed by atoms with E-state index in [1.165, 1.54) is 10.4 Å². The Morgan fingerprint density at radius 2 is 2.06 bits per heavy atom. The van der Waals surface area contributed by atoms with Gasteiger partial charge in [-0.25, -0.2) is 8.42 Å². The van der Waals surface area contributed by atoms with Crippen LogP contribution < -0.4 is 4.74 Å². The number of pyridine rings is 1. The maximum atomic E-state index is 13.5. The van der Waals surface area contributed by atoms with Crippen molar-refractivity contribution >= 4 is 10.0 Å². The average Bonchev–Trinajstić information content (AvgIpc) is 2.81. The molecule has 1 N–H and O–H groups in total. The molecule has 1 aromatic heterocycles. The fourth-order valence-corrected chi connectivity index (χ4v) is 5.73. The quantitative estimate of drug-likeness (QED) is 0.597. The molecule has 2 aromatic rings. The van der Waals surface area contributed by atoms with Crippen LogP contribution in [0.1, 0.15) is 25.0 Å². The molecule has 1 aromatic carbocycles. The van der Waals surface area contributed by atoms with Crippen molar-refractivity contribution in [2.45, 2.75) is 37.4 Å². The van der Waals surface area contributed by atoms with Crippen molar-refractivity contribution in [1.82, 2.24) is 14.2 Å². The van der Waals surface area contributed by atoms with Gasteiger partial charge in [-0.3, -0.25) is 9.88 Å². The molecule has 8 nitrogen and oxygen atoms in total. The van der Waals surface area contributed by atoms with E-state index < -0.39 is 16.1 Å². The Kier molecular flexibility index (Phi) is 9.05. The SMILES string of the molecule is COCC#Cc1ccc2c(c1)O[C@H](CN(C)Cc1ccncc1)[C@@H](C)CN([C@@H](C)CO)S2(=O)=O. The van der Waals surface area contributed by atoms with Gasteiger partial charge in [0.05, 0.1) is 6.61 Å². The number of likely N-dealkylation sites (N-methyl/N-ethyl adjacent to an activating group) is 1. The zero-order valence-electron chi connectivity index (χ0n) is 20.1. The second-order valence-electron chi connectivity index (χ2n) is 8.69. The van der Waals surface area contributed by atoms with Crippen LogP contribution in [0.2, 0.25) is 0 Å². The van der Waals surface area contributed by atoms with Crippen LogP contribution in [0.15, 0.2) is 47.6 Å². The lowest BCUT2D eigenvalue weighted by Crippen LogP contribution is -2.49. The zero-order valence-corrected chi connectivity index (χ0v) is 21.0. The fourth-order valence-electron chi connectivity index (χ4n) is 3.90. The van der Waals surface area contributed by atoms with E-state index in [1.54, 1.807) is 38.6 Å². The predicted octanol–water partition coefficient (Wildman–Crippen LogP) is 1.98. The van der Waals surface area contributed by atoms with Gasteiger partial charge in [0.15, 0.2) is 0 Å². The van der Waals surface area contributed by atoms with E-state index in [-0.39, 0.29) is 42.4 Å². The summed E-state index contributed by atoms with van der Waals surface area (Å²) in [7, 11) is -0.301. The summed E-state index contributed by atoms with van der Waals surface area (Å²) in [6.07, 6.45) is 3.25. The standard InChI is InChI=1S/C25H33N3O5S/c1-19-15-28(20(2)18-29)34(30,31)25-8-7-21(6-5-13-32-4)14-23(25)33-24(19)17-27(3)16-22-9-11-26-12-10-22/h7-12,14,19-20,24,29H,13,15-18H2,1-4H3/t19-,20-,24+/m0/s1. The minimum absolute atomic E-state index is 0.0822. The molecule has 0 amide bonds. The molecule has 3 rings (SSSR count). The molecule has 34 heavy (non-hydrogen) atoms. The van der Waals surface area contributed by atoms with E-state index in [9.17, 15) is 13.5 Å². The minimum atomic E-state index is -3.87. The van der Waals surface area contributed by atoms with Gasteiger partial charge in [0.25, 0.3) is 0 Å². The van der Waals surface area contributed by atoms with Gasteiger partial charge in [-0.2, -0.15) is 4.31 Å². The number of ether oxygens (including phenoxy) is 2. The monoisotopic (exact) mass is 487 g/mol. The number of aliphatic hydroxyl groups is 1. The highest BCUT2D eigenvalue weighted by molar-refractivity contribution is 7.89. The number of benzene rings is 1. The highest BCUT2D eigenvalue weighted by atomic mass is 32.2. The van der Waals surface area contributed by atoms with E-state index in [4.69, 9.17) is 9.47 Å². The lowest BCUT2D eigenvalue weighted by atomic mass is 10.0. The largest absolute Gasteiger partial charge is 0.487 e. The molecule has 0 fully saturated rings. The Balaban J connectivity index is 1.97. The topological polar surface area (TPSA) is 92.2 Å². The van der Waals surface area contributed by atoms with Crippen LogP contribution in [0.25, 0.3) is 0 Å². The van der Waals surface area contributed by atoms with Crippen molar-refractivity contribution < 1.29 is 23.0 Å². The third-order valence-electron chi connectivity index (χ3n) is 5.81. The first kappa shape index (κ1) is 26.1. The summed E-state index contributed by atoms with van der Waals surface area (Å²) in [4.78, 5) is 6.29. The van der Waals surface area contributed by atoms with Gasteiger partial charge in [0, 0.05) is 56.7 Å². The summed E-state index contributed by atoms with van der Waals surface area (Å²) < 4.78 is 39.8. The second kappa shape index (κ2) is 11.8. The molecule has 0 aliphatic carbocycles. The van der Waals surface area contributed by atoms with Crippen molar-refractivity contribution in [3.63, 3.8) is 0 Å². The van der Waals surface area contributed by atoms with E-state index in [1.807, 2.05) is 26.1 Å². The van der Waals surface area contributed by atoms with Crippen LogP contribution in [0.3, 0.4) is 0 Å². The van der Waals surface area contributed by atoms with Crippen LogP contribution in [0.4, 0.5) is 0 Å². The van der Waals surface area contributed by atoms with Gasteiger partial charge in [0.2, 0.25) is 10.0 Å². The van der Waals surface area contributed by atoms with Crippen molar-refractivity contribution in [2.75, 3.05) is 40.5 Å². The molecule has 3 atom stereocenters. The van der Waals surface area contributed by atoms with E-state index >= 15 is 0 Å². The highest BCUT2D eigenvalue weighted by Crippen LogP contribution is 2.34. The van der Waals surface area contributed by atoms with Gasteiger partial charge in [0.1, 0.15) is 23.4 Å². The van der Waals surface area contributed by atoms with Crippen LogP contribution >= 0.6 is 0 Å². The van der Waals surface area contributed by atoms with E-state index in [2.05, 4.69) is 21.7 Å². The van der Waals surface area contributed by atoms with Crippen LogP contribution in [0.5, 0.6) is 5.75 Å². The van der Waals surface area contributed by atoms with Gasteiger partial charge in [-0.05, 0) is 49.9 Å². The van der Waals surface area contributed by atoms with E-state index in [0.717, 1.165) is 5.56 Å². The molecule has 0 bridgehead atoms. The molecule has 0 spiro atoms. The molecular formula is C25H33N3O5S. The van der Waals surface area contributed by atoms with Crippen LogP contribution in [-0.2, 0) is 21.3 Å². The number of fused-ring (bicyclic) bond motifs is 1. The lowest BCUT2D eigenvalue weighted by Gasteiger charge is -2.37. The van der Waals surface area contributed by atoms with Crippen molar-refractivity contribution in [2.24, 2.45) is 5.92 Å². The molecule has 184 valence electrons. The van der Waals surface area contributed by atoms with Gasteiger partial charge in [-0.15, -0.1) is 0 Å². The smallest absolute Gasteiger partial charge is 0.247 e. The minimum Gasteiger partial charge on any atom is -0.487 e.